The van der Waals surface area contributed by atoms with Crippen LogP contribution in [0.15, 0.2) is 36.4 Å². The van der Waals surface area contributed by atoms with Crippen molar-refractivity contribution in [3.8, 4) is 5.75 Å². The second-order valence-electron chi connectivity index (χ2n) is 11.7. The van der Waals surface area contributed by atoms with Gasteiger partial charge in [0.2, 0.25) is 0 Å². The molecule has 8 nitrogen and oxygen atoms in total. The first-order valence-electron chi connectivity index (χ1n) is 14.0. The van der Waals surface area contributed by atoms with Crippen LogP contribution in [0.4, 0.5) is 17.6 Å². The van der Waals surface area contributed by atoms with E-state index in [1.54, 1.807) is 6.07 Å². The second-order valence-corrected chi connectivity index (χ2v) is 14.2. The van der Waals surface area contributed by atoms with Gasteiger partial charge in [-0.2, -0.15) is 13.2 Å². The maximum atomic E-state index is 15.5. The number of carbonyl (C=O) groups excluding carboxylic acids is 2. The Morgan fingerprint density at radius 2 is 1.74 bits per heavy atom. The fourth-order valence-corrected chi connectivity index (χ4v) is 6.95. The number of ether oxygens (including phenoxy) is 1. The van der Waals surface area contributed by atoms with Gasteiger partial charge < -0.3 is 9.57 Å². The van der Waals surface area contributed by atoms with E-state index in [1.165, 1.54) is 0 Å². The van der Waals surface area contributed by atoms with Gasteiger partial charge in [0, 0.05) is 23.2 Å². The number of alkyl halides is 3. The van der Waals surface area contributed by atoms with Gasteiger partial charge in [-0.25, -0.2) is 17.6 Å². The van der Waals surface area contributed by atoms with Crippen LogP contribution in [0.5, 0.6) is 5.75 Å². The number of nitrogens with zero attached hydrogens (tertiary/aromatic N) is 2. The van der Waals surface area contributed by atoms with E-state index in [9.17, 15) is 31.2 Å². The monoisotopic (exact) mass is 646 g/mol. The lowest BCUT2D eigenvalue weighted by Crippen LogP contribution is -2.50. The summed E-state index contributed by atoms with van der Waals surface area (Å²) in [7, 11) is -4.81. The van der Waals surface area contributed by atoms with Crippen molar-refractivity contribution >= 4 is 33.5 Å². The lowest BCUT2D eigenvalue weighted by Gasteiger charge is -2.44. The number of likely N-dealkylation sites (tertiary alicyclic amines) is 1. The molecule has 1 saturated heterocycles. The van der Waals surface area contributed by atoms with Crippen LogP contribution in [0.2, 0.25) is 5.02 Å². The third-order valence-corrected chi connectivity index (χ3v) is 10.3. The molecule has 0 N–H and O–H groups in total. The van der Waals surface area contributed by atoms with Crippen molar-refractivity contribution in [3.05, 3.63) is 63.9 Å². The summed E-state index contributed by atoms with van der Waals surface area (Å²) in [6.45, 7) is 5.44. The molecule has 2 aromatic carbocycles. The SMILES string of the molecule is CC(C)(c1cccc(Cl)c1)N1CCC[C@@H](Oc2cc(F)c(C(=O)N(OC(=O)C(F)(F)F)S(=O)(=O)C3CC3)cc2C2CC2)C1. The predicted octanol–water partition coefficient (Wildman–Crippen LogP) is 6.09. The van der Waals surface area contributed by atoms with E-state index < -0.39 is 54.7 Å². The number of sulfonamides is 1. The van der Waals surface area contributed by atoms with Gasteiger partial charge in [-0.1, -0.05) is 28.2 Å². The standard InChI is InChI=1S/C29H31ClF4N2O6S/c1-28(2,18-5-3-6-19(30)13-18)35-12-4-7-20(16-35)41-25-15-24(31)23(14-22(25)17-8-9-17)26(37)36(42-27(38)29(32,33)34)43(39,40)21-10-11-21/h3,5-6,13-15,17,20-21H,4,7-12,16H2,1-2H3/t20-/m1/s1. The molecule has 3 fully saturated rings. The second kappa shape index (κ2) is 11.6. The molecule has 234 valence electrons. The summed E-state index contributed by atoms with van der Waals surface area (Å²) < 4.78 is 85.5. The number of rotatable bonds is 8. The lowest BCUT2D eigenvalue weighted by molar-refractivity contribution is -0.217. The van der Waals surface area contributed by atoms with Gasteiger partial charge >= 0.3 is 18.1 Å². The summed E-state index contributed by atoms with van der Waals surface area (Å²) in [6, 6.07) is 9.62. The van der Waals surface area contributed by atoms with Crippen LogP contribution in [0, 0.1) is 5.82 Å². The van der Waals surface area contributed by atoms with Crippen LogP contribution in [0.3, 0.4) is 0 Å². The van der Waals surface area contributed by atoms with Gasteiger partial charge in [0.1, 0.15) is 17.7 Å². The van der Waals surface area contributed by atoms with E-state index in [-0.39, 0.29) is 30.6 Å². The van der Waals surface area contributed by atoms with Gasteiger partial charge in [0.25, 0.3) is 10.0 Å². The molecule has 43 heavy (non-hydrogen) atoms. The fraction of sp³-hybridized carbons (Fsp3) is 0.517. The number of piperidine rings is 1. The van der Waals surface area contributed by atoms with Crippen molar-refractivity contribution in [1.82, 2.24) is 9.37 Å². The average molecular weight is 647 g/mol. The van der Waals surface area contributed by atoms with Crippen LogP contribution in [0.25, 0.3) is 0 Å². The smallest absolute Gasteiger partial charge is 0.489 e. The molecule has 2 aliphatic carbocycles. The zero-order valence-corrected chi connectivity index (χ0v) is 25.1. The van der Waals surface area contributed by atoms with Crippen LogP contribution in [0.1, 0.15) is 79.8 Å². The minimum atomic E-state index is -5.58. The predicted molar refractivity (Wildman–Crippen MR) is 148 cm³/mol. The number of hydroxylamine groups is 1. The zero-order chi connectivity index (χ0) is 31.3. The molecule has 1 aliphatic heterocycles. The molecule has 2 aromatic rings. The Balaban J connectivity index is 1.40. The van der Waals surface area contributed by atoms with Gasteiger partial charge in [-0.15, -0.1) is 0 Å². The molecule has 0 aromatic heterocycles. The molecule has 3 aliphatic rings. The minimum absolute atomic E-state index is 0.0603. The number of hydrogen-bond acceptors (Lipinski definition) is 7. The fourth-order valence-electron chi connectivity index (χ4n) is 5.26. The summed E-state index contributed by atoms with van der Waals surface area (Å²) in [4.78, 5) is 31.0. The summed E-state index contributed by atoms with van der Waals surface area (Å²) in [5.74, 6) is -5.78. The third-order valence-electron chi connectivity index (χ3n) is 8.08. The zero-order valence-electron chi connectivity index (χ0n) is 23.5. The molecule has 0 unspecified atom stereocenters. The van der Waals surface area contributed by atoms with Crippen molar-refractivity contribution in [2.75, 3.05) is 13.1 Å². The van der Waals surface area contributed by atoms with Gasteiger partial charge in [-0.05, 0) is 94.2 Å². The number of carbonyl (C=O) groups is 2. The van der Waals surface area contributed by atoms with Crippen molar-refractivity contribution in [1.29, 1.82) is 0 Å². The molecule has 2 saturated carbocycles. The number of benzene rings is 2. The molecular formula is C29H31ClF4N2O6S. The van der Waals surface area contributed by atoms with E-state index in [1.807, 2.05) is 18.2 Å². The van der Waals surface area contributed by atoms with Crippen molar-refractivity contribution < 1.29 is 45.1 Å². The molecule has 0 bridgehead atoms. The van der Waals surface area contributed by atoms with Crippen molar-refractivity contribution in [2.45, 2.75) is 81.4 Å². The Bertz CT molecular complexity index is 1530. The average Bonchev–Trinajstić information content (AvgIpc) is 3.84. The third kappa shape index (κ3) is 6.78. The van der Waals surface area contributed by atoms with Crippen LogP contribution < -0.4 is 4.74 Å². The Morgan fingerprint density at radius 3 is 2.35 bits per heavy atom. The Kier molecular flexibility index (Phi) is 8.47. The first kappa shape index (κ1) is 31.5. The maximum absolute atomic E-state index is 15.5. The highest BCUT2D eigenvalue weighted by molar-refractivity contribution is 7.90. The molecule has 0 radical (unpaired) electrons. The molecule has 0 spiro atoms. The molecule has 1 heterocycles. The van der Waals surface area contributed by atoms with Crippen molar-refractivity contribution in [2.24, 2.45) is 0 Å². The highest BCUT2D eigenvalue weighted by atomic mass is 35.5. The Labute approximate surface area is 251 Å². The van der Waals surface area contributed by atoms with Gasteiger partial charge in [-0.3, -0.25) is 9.69 Å². The highest BCUT2D eigenvalue weighted by Crippen LogP contribution is 2.46. The van der Waals surface area contributed by atoms with Crippen LogP contribution in [-0.2, 0) is 25.2 Å². The molecule has 1 atom stereocenters. The maximum Gasteiger partial charge on any atom is 0.493 e. The van der Waals surface area contributed by atoms with E-state index in [4.69, 9.17) is 16.3 Å². The summed E-state index contributed by atoms with van der Waals surface area (Å²) in [5, 5.41) is -0.595. The van der Waals surface area contributed by atoms with Gasteiger partial charge in [0.05, 0.1) is 10.8 Å². The minimum Gasteiger partial charge on any atom is -0.489 e. The van der Waals surface area contributed by atoms with E-state index >= 15 is 4.39 Å². The highest BCUT2D eigenvalue weighted by Gasteiger charge is 2.50. The lowest BCUT2D eigenvalue weighted by atomic mass is 9.89. The topological polar surface area (TPSA) is 93.2 Å². The molecule has 5 rings (SSSR count). The number of hydrogen-bond donors (Lipinski definition) is 0. The van der Waals surface area contributed by atoms with Gasteiger partial charge in [0.15, 0.2) is 0 Å². The first-order chi connectivity index (χ1) is 20.1. The quantitative estimate of drug-likeness (QED) is 0.253. The van der Waals surface area contributed by atoms with E-state index in [0.717, 1.165) is 30.7 Å². The largest absolute Gasteiger partial charge is 0.493 e. The van der Waals surface area contributed by atoms with E-state index in [2.05, 4.69) is 23.6 Å². The Hall–Kier alpha value is -2.90. The summed E-state index contributed by atoms with van der Waals surface area (Å²) in [5.41, 5.74) is 0.228. The van der Waals surface area contributed by atoms with E-state index in [0.29, 0.717) is 36.4 Å². The van der Waals surface area contributed by atoms with Crippen molar-refractivity contribution in [3.63, 3.8) is 0 Å². The molecule has 14 heteroatoms. The van der Waals surface area contributed by atoms with Crippen LogP contribution in [-0.4, -0.2) is 60.3 Å². The number of amides is 1. The molecular weight excluding hydrogens is 616 g/mol. The van der Waals surface area contributed by atoms with Crippen LogP contribution >= 0.6 is 11.6 Å². The number of halogens is 5. The first-order valence-corrected chi connectivity index (χ1v) is 15.9. The molecule has 1 amide bonds. The summed E-state index contributed by atoms with van der Waals surface area (Å²) in [6.07, 6.45) is -2.94. The normalized spacial score (nSPS) is 20.0. The Morgan fingerprint density at radius 1 is 1.05 bits per heavy atom. The summed E-state index contributed by atoms with van der Waals surface area (Å²) >= 11 is 6.22.